The largest absolute Gasteiger partial charge is 0.320 e. The van der Waals surface area contributed by atoms with Crippen molar-refractivity contribution in [1.82, 2.24) is 4.98 Å². The number of amides is 2. The summed E-state index contributed by atoms with van der Waals surface area (Å²) < 4.78 is 13.7. The molecule has 1 heterocycles. The van der Waals surface area contributed by atoms with Crippen molar-refractivity contribution in [3.63, 3.8) is 0 Å². The highest BCUT2D eigenvalue weighted by molar-refractivity contribution is 6.06. The zero-order valence-electron chi connectivity index (χ0n) is 14.9. The summed E-state index contributed by atoms with van der Waals surface area (Å²) in [6.45, 7) is 3.87. The Morgan fingerprint density at radius 2 is 1.33 bits per heavy atom. The van der Waals surface area contributed by atoms with Gasteiger partial charge in [-0.15, -0.1) is 0 Å². The quantitative estimate of drug-likeness (QED) is 0.724. The van der Waals surface area contributed by atoms with Crippen molar-refractivity contribution < 1.29 is 14.0 Å². The standard InChI is InChI=1S/C21H18FN3O2/c1-13-7-5-10-16(14(13)2)24-20(26)18-11-6-12-19(23-18)21(27)25-17-9-4-3-8-15(17)22/h3-12H,1-2H3,(H,24,26)(H,25,27). The highest BCUT2D eigenvalue weighted by atomic mass is 19.1. The van der Waals surface area contributed by atoms with Crippen LogP contribution in [0.1, 0.15) is 32.1 Å². The summed E-state index contributed by atoms with van der Waals surface area (Å²) in [6, 6.07) is 16.0. The summed E-state index contributed by atoms with van der Waals surface area (Å²) in [4.78, 5) is 28.9. The molecule has 136 valence electrons. The van der Waals surface area contributed by atoms with Crippen LogP contribution in [0.15, 0.2) is 60.7 Å². The van der Waals surface area contributed by atoms with Crippen molar-refractivity contribution in [3.05, 3.63) is 89.0 Å². The van der Waals surface area contributed by atoms with Crippen LogP contribution in [-0.4, -0.2) is 16.8 Å². The van der Waals surface area contributed by atoms with Crippen molar-refractivity contribution in [1.29, 1.82) is 0 Å². The molecule has 6 heteroatoms. The Bertz CT molecular complexity index is 1020. The van der Waals surface area contributed by atoms with Crippen molar-refractivity contribution in [3.8, 4) is 0 Å². The first-order valence-electron chi connectivity index (χ1n) is 8.36. The molecule has 0 aliphatic rings. The maximum Gasteiger partial charge on any atom is 0.274 e. The van der Waals surface area contributed by atoms with E-state index in [1.54, 1.807) is 18.2 Å². The third-order valence-electron chi connectivity index (χ3n) is 4.19. The average Bonchev–Trinajstić information content (AvgIpc) is 2.67. The number of carbonyl (C=O) groups is 2. The van der Waals surface area contributed by atoms with Crippen LogP contribution >= 0.6 is 0 Å². The number of nitrogens with one attached hydrogen (secondary N) is 2. The Morgan fingerprint density at radius 3 is 2.00 bits per heavy atom. The zero-order chi connectivity index (χ0) is 19.4. The second-order valence-corrected chi connectivity index (χ2v) is 6.04. The van der Waals surface area contributed by atoms with E-state index in [9.17, 15) is 14.0 Å². The topological polar surface area (TPSA) is 71.1 Å². The van der Waals surface area contributed by atoms with Gasteiger partial charge < -0.3 is 10.6 Å². The monoisotopic (exact) mass is 363 g/mol. The van der Waals surface area contributed by atoms with E-state index in [2.05, 4.69) is 15.6 Å². The average molecular weight is 363 g/mol. The van der Waals surface area contributed by atoms with Crippen molar-refractivity contribution in [2.24, 2.45) is 0 Å². The number of aromatic nitrogens is 1. The molecule has 0 atom stereocenters. The normalized spacial score (nSPS) is 10.3. The molecule has 3 rings (SSSR count). The molecule has 0 bridgehead atoms. The molecule has 0 aliphatic carbocycles. The summed E-state index contributed by atoms with van der Waals surface area (Å²) in [5, 5.41) is 5.25. The molecule has 0 radical (unpaired) electrons. The molecule has 0 fully saturated rings. The van der Waals surface area contributed by atoms with Gasteiger partial charge in [0.1, 0.15) is 17.2 Å². The highest BCUT2D eigenvalue weighted by Crippen LogP contribution is 2.19. The highest BCUT2D eigenvalue weighted by Gasteiger charge is 2.15. The van der Waals surface area contributed by atoms with Gasteiger partial charge in [-0.2, -0.15) is 0 Å². The van der Waals surface area contributed by atoms with Gasteiger partial charge >= 0.3 is 0 Å². The summed E-state index contributed by atoms with van der Waals surface area (Å²) in [7, 11) is 0. The van der Waals surface area contributed by atoms with Crippen LogP contribution in [0.3, 0.4) is 0 Å². The van der Waals surface area contributed by atoms with Crippen LogP contribution in [0.25, 0.3) is 0 Å². The smallest absolute Gasteiger partial charge is 0.274 e. The first kappa shape index (κ1) is 18.3. The minimum absolute atomic E-state index is 0.0202. The number of aryl methyl sites for hydroxylation is 1. The lowest BCUT2D eigenvalue weighted by atomic mass is 10.1. The number of hydrogen-bond donors (Lipinski definition) is 2. The van der Waals surface area contributed by atoms with E-state index in [1.807, 2.05) is 26.0 Å². The van der Waals surface area contributed by atoms with Crippen LogP contribution in [0.2, 0.25) is 0 Å². The molecule has 0 saturated heterocycles. The van der Waals surface area contributed by atoms with Gasteiger partial charge in [0.2, 0.25) is 0 Å². The fourth-order valence-electron chi connectivity index (χ4n) is 2.51. The summed E-state index contributed by atoms with van der Waals surface area (Å²) in [5.41, 5.74) is 2.86. The van der Waals surface area contributed by atoms with E-state index in [4.69, 9.17) is 0 Å². The Kier molecular flexibility index (Phi) is 5.26. The summed E-state index contributed by atoms with van der Waals surface area (Å²) in [5.74, 6) is -1.57. The van der Waals surface area contributed by atoms with Gasteiger partial charge in [-0.25, -0.2) is 9.37 Å². The summed E-state index contributed by atoms with van der Waals surface area (Å²) >= 11 is 0. The van der Waals surface area contributed by atoms with Gasteiger partial charge in [0.05, 0.1) is 5.69 Å². The first-order valence-corrected chi connectivity index (χ1v) is 8.36. The van der Waals surface area contributed by atoms with E-state index in [-0.39, 0.29) is 17.1 Å². The molecule has 27 heavy (non-hydrogen) atoms. The number of pyridine rings is 1. The Balaban J connectivity index is 1.78. The molecule has 0 unspecified atom stereocenters. The number of carbonyl (C=O) groups excluding carboxylic acids is 2. The van der Waals surface area contributed by atoms with E-state index in [1.165, 1.54) is 30.3 Å². The maximum atomic E-state index is 13.7. The Morgan fingerprint density at radius 1 is 0.778 bits per heavy atom. The molecular weight excluding hydrogens is 345 g/mol. The molecule has 0 saturated carbocycles. The van der Waals surface area contributed by atoms with Crippen LogP contribution < -0.4 is 10.6 Å². The Hall–Kier alpha value is -3.54. The van der Waals surface area contributed by atoms with Crippen LogP contribution in [0.5, 0.6) is 0 Å². The number of hydrogen-bond acceptors (Lipinski definition) is 3. The SMILES string of the molecule is Cc1cccc(NC(=O)c2cccc(C(=O)Nc3ccccc3F)n2)c1C. The number of halogens is 1. The van der Waals surface area contributed by atoms with Crippen molar-refractivity contribution >= 4 is 23.2 Å². The van der Waals surface area contributed by atoms with Crippen LogP contribution in [0.4, 0.5) is 15.8 Å². The van der Waals surface area contributed by atoms with Gasteiger partial charge in [-0.1, -0.05) is 30.3 Å². The third kappa shape index (κ3) is 4.17. The number of rotatable bonds is 4. The molecule has 2 amide bonds. The van der Waals surface area contributed by atoms with E-state index in [0.717, 1.165) is 11.1 Å². The maximum absolute atomic E-state index is 13.7. The summed E-state index contributed by atoms with van der Waals surface area (Å²) in [6.07, 6.45) is 0. The fraction of sp³-hybridized carbons (Fsp3) is 0.0952. The lowest BCUT2D eigenvalue weighted by molar-refractivity contribution is 0.101. The minimum atomic E-state index is -0.596. The molecule has 5 nitrogen and oxygen atoms in total. The Labute approximate surface area is 156 Å². The molecule has 1 aromatic heterocycles. The fourth-order valence-corrected chi connectivity index (χ4v) is 2.51. The van der Waals surface area contributed by atoms with Crippen LogP contribution in [0, 0.1) is 19.7 Å². The number of anilines is 2. The first-order chi connectivity index (χ1) is 13.0. The van der Waals surface area contributed by atoms with Crippen molar-refractivity contribution in [2.75, 3.05) is 10.6 Å². The second kappa shape index (κ2) is 7.78. The molecule has 2 aromatic carbocycles. The predicted octanol–water partition coefficient (Wildman–Crippen LogP) is 4.34. The molecule has 2 N–H and O–H groups in total. The van der Waals surface area contributed by atoms with E-state index < -0.39 is 17.6 Å². The molecular formula is C21H18FN3O2. The predicted molar refractivity (Wildman–Crippen MR) is 102 cm³/mol. The zero-order valence-corrected chi connectivity index (χ0v) is 14.9. The van der Waals surface area contributed by atoms with E-state index in [0.29, 0.717) is 5.69 Å². The molecule has 0 spiro atoms. The van der Waals surface area contributed by atoms with Gasteiger partial charge in [0, 0.05) is 5.69 Å². The number of benzene rings is 2. The van der Waals surface area contributed by atoms with Crippen molar-refractivity contribution in [2.45, 2.75) is 13.8 Å². The van der Waals surface area contributed by atoms with Gasteiger partial charge in [0.15, 0.2) is 0 Å². The van der Waals surface area contributed by atoms with Gasteiger partial charge in [-0.05, 0) is 55.3 Å². The minimum Gasteiger partial charge on any atom is -0.320 e. The third-order valence-corrected chi connectivity index (χ3v) is 4.19. The van der Waals surface area contributed by atoms with Crippen LogP contribution in [-0.2, 0) is 0 Å². The number of para-hydroxylation sites is 1. The number of nitrogens with zero attached hydrogens (tertiary/aromatic N) is 1. The molecule has 3 aromatic rings. The van der Waals surface area contributed by atoms with Gasteiger partial charge in [-0.3, -0.25) is 9.59 Å². The molecule has 0 aliphatic heterocycles. The lowest BCUT2D eigenvalue weighted by Gasteiger charge is -2.11. The second-order valence-electron chi connectivity index (χ2n) is 6.04. The van der Waals surface area contributed by atoms with Gasteiger partial charge in [0.25, 0.3) is 11.8 Å². The lowest BCUT2D eigenvalue weighted by Crippen LogP contribution is -2.19. The van der Waals surface area contributed by atoms with E-state index >= 15 is 0 Å².